The lowest BCUT2D eigenvalue weighted by atomic mass is 9.91. The van der Waals surface area contributed by atoms with Crippen molar-refractivity contribution in [1.29, 1.82) is 0 Å². The Morgan fingerprint density at radius 1 is 1.11 bits per heavy atom. The molecule has 0 bridgehead atoms. The summed E-state index contributed by atoms with van der Waals surface area (Å²) in [6.07, 6.45) is 9.24. The Morgan fingerprint density at radius 2 is 1.82 bits per heavy atom. The smallest absolute Gasteiger partial charge is 0.317 e. The van der Waals surface area contributed by atoms with Gasteiger partial charge in [0.15, 0.2) is 0 Å². The molecule has 3 rings (SSSR count). The number of nitrogens with two attached hydrogens (primary N) is 1. The summed E-state index contributed by atoms with van der Waals surface area (Å²) < 4.78 is 0. The van der Waals surface area contributed by atoms with E-state index in [2.05, 4.69) is 28.3 Å². The molecule has 152 valence electrons. The lowest BCUT2D eigenvalue weighted by Crippen LogP contribution is -2.44. The van der Waals surface area contributed by atoms with Gasteiger partial charge in [-0.05, 0) is 25.3 Å². The molecule has 0 atom stereocenters. The monoisotopic (exact) mass is 383 g/mol. The van der Waals surface area contributed by atoms with Crippen LogP contribution >= 0.6 is 0 Å². The number of amides is 2. The van der Waals surface area contributed by atoms with Crippen molar-refractivity contribution in [3.63, 3.8) is 0 Å². The van der Waals surface area contributed by atoms with Crippen LogP contribution in [0.25, 0.3) is 10.9 Å². The summed E-state index contributed by atoms with van der Waals surface area (Å²) in [6.45, 7) is 4.51. The van der Waals surface area contributed by atoms with E-state index in [0.717, 1.165) is 55.5 Å². The fourth-order valence-electron chi connectivity index (χ4n) is 4.00. The minimum atomic E-state index is 0.0686. The molecule has 1 fully saturated rings. The Hall–Kier alpha value is -2.37. The number of aromatic nitrogens is 2. The summed E-state index contributed by atoms with van der Waals surface area (Å²) in [5.41, 5.74) is 7.83. The second-order valence-corrected chi connectivity index (χ2v) is 7.75. The SMILES string of the molecule is CCCCCCCCNC(=O)N1CCC(c2nc(N)nc3ccccc23)CC1. The number of fused-ring (bicyclic) bond motifs is 1. The van der Waals surface area contributed by atoms with E-state index in [0.29, 0.717) is 11.9 Å². The van der Waals surface area contributed by atoms with Crippen LogP contribution < -0.4 is 11.1 Å². The van der Waals surface area contributed by atoms with Gasteiger partial charge < -0.3 is 16.0 Å². The number of hydrogen-bond donors (Lipinski definition) is 2. The van der Waals surface area contributed by atoms with Crippen LogP contribution in [0, 0.1) is 0 Å². The number of benzene rings is 1. The van der Waals surface area contributed by atoms with E-state index in [-0.39, 0.29) is 6.03 Å². The molecule has 1 aromatic carbocycles. The zero-order valence-electron chi connectivity index (χ0n) is 17.0. The maximum atomic E-state index is 12.4. The van der Waals surface area contributed by atoms with E-state index in [1.54, 1.807) is 0 Å². The number of piperidine rings is 1. The van der Waals surface area contributed by atoms with Crippen LogP contribution in [-0.4, -0.2) is 40.5 Å². The number of nitrogens with zero attached hydrogens (tertiary/aromatic N) is 3. The van der Waals surface area contributed by atoms with E-state index in [9.17, 15) is 4.79 Å². The van der Waals surface area contributed by atoms with Crippen molar-refractivity contribution < 1.29 is 4.79 Å². The number of nitrogen functional groups attached to an aromatic ring is 1. The van der Waals surface area contributed by atoms with E-state index in [1.165, 1.54) is 32.1 Å². The zero-order valence-corrected chi connectivity index (χ0v) is 17.0. The number of rotatable bonds is 8. The van der Waals surface area contributed by atoms with Crippen LogP contribution in [0.1, 0.15) is 69.9 Å². The lowest BCUT2D eigenvalue weighted by Gasteiger charge is -2.32. The molecule has 0 radical (unpaired) electrons. The maximum Gasteiger partial charge on any atom is 0.317 e. The van der Waals surface area contributed by atoms with Crippen molar-refractivity contribution in [3.8, 4) is 0 Å². The Balaban J connectivity index is 1.46. The van der Waals surface area contributed by atoms with Crippen molar-refractivity contribution in [1.82, 2.24) is 20.2 Å². The second-order valence-electron chi connectivity index (χ2n) is 7.75. The molecular weight excluding hydrogens is 350 g/mol. The third kappa shape index (κ3) is 5.33. The van der Waals surface area contributed by atoms with Gasteiger partial charge in [0.1, 0.15) is 0 Å². The molecule has 0 aliphatic carbocycles. The molecule has 2 amide bonds. The predicted octanol–water partition coefficient (Wildman–Crippen LogP) is 4.46. The van der Waals surface area contributed by atoms with E-state index < -0.39 is 0 Å². The number of para-hydroxylation sites is 1. The maximum absolute atomic E-state index is 12.4. The van der Waals surface area contributed by atoms with Gasteiger partial charge in [0, 0.05) is 30.9 Å². The predicted molar refractivity (Wildman–Crippen MR) is 114 cm³/mol. The minimum Gasteiger partial charge on any atom is -0.368 e. The van der Waals surface area contributed by atoms with Crippen molar-refractivity contribution in [2.45, 2.75) is 64.2 Å². The largest absolute Gasteiger partial charge is 0.368 e. The first-order valence-corrected chi connectivity index (χ1v) is 10.7. The number of nitrogens with one attached hydrogen (secondary N) is 1. The summed E-state index contributed by atoms with van der Waals surface area (Å²) in [4.78, 5) is 23.2. The Morgan fingerprint density at radius 3 is 2.61 bits per heavy atom. The fraction of sp³-hybridized carbons (Fsp3) is 0.591. The molecule has 28 heavy (non-hydrogen) atoms. The van der Waals surface area contributed by atoms with Crippen molar-refractivity contribution in [2.24, 2.45) is 0 Å². The average molecular weight is 384 g/mol. The number of likely N-dealkylation sites (tertiary alicyclic amines) is 1. The first-order chi connectivity index (χ1) is 13.7. The zero-order chi connectivity index (χ0) is 19.8. The van der Waals surface area contributed by atoms with Gasteiger partial charge in [-0.3, -0.25) is 0 Å². The highest BCUT2D eigenvalue weighted by Crippen LogP contribution is 2.31. The number of carbonyl (C=O) groups is 1. The molecule has 1 aliphatic rings. The van der Waals surface area contributed by atoms with Crippen LogP contribution in [0.15, 0.2) is 24.3 Å². The first kappa shape index (κ1) is 20.4. The molecule has 0 unspecified atom stereocenters. The summed E-state index contributed by atoms with van der Waals surface area (Å²) >= 11 is 0. The molecule has 1 saturated heterocycles. The average Bonchev–Trinajstić information content (AvgIpc) is 2.72. The van der Waals surface area contributed by atoms with E-state index in [4.69, 9.17) is 5.73 Å². The molecule has 6 nitrogen and oxygen atoms in total. The summed E-state index contributed by atoms with van der Waals surface area (Å²) in [6, 6.07) is 8.08. The molecule has 2 heterocycles. The van der Waals surface area contributed by atoms with Crippen molar-refractivity contribution in [2.75, 3.05) is 25.4 Å². The third-order valence-electron chi connectivity index (χ3n) is 5.63. The number of unbranched alkanes of at least 4 members (excludes halogenated alkanes) is 5. The molecule has 1 aromatic heterocycles. The van der Waals surface area contributed by atoms with Crippen molar-refractivity contribution >= 4 is 22.9 Å². The minimum absolute atomic E-state index is 0.0686. The highest BCUT2D eigenvalue weighted by Gasteiger charge is 2.26. The van der Waals surface area contributed by atoms with Gasteiger partial charge in [-0.2, -0.15) is 0 Å². The van der Waals surface area contributed by atoms with Gasteiger partial charge >= 0.3 is 6.03 Å². The molecule has 6 heteroatoms. The normalized spacial score (nSPS) is 15.1. The van der Waals surface area contributed by atoms with Crippen LogP contribution in [-0.2, 0) is 0 Å². The van der Waals surface area contributed by atoms with Gasteiger partial charge in [-0.15, -0.1) is 0 Å². The summed E-state index contributed by atoms with van der Waals surface area (Å²) in [7, 11) is 0. The summed E-state index contributed by atoms with van der Waals surface area (Å²) in [5, 5.41) is 4.15. The summed E-state index contributed by atoms with van der Waals surface area (Å²) in [5.74, 6) is 0.644. The van der Waals surface area contributed by atoms with Crippen LogP contribution in [0.2, 0.25) is 0 Å². The number of urea groups is 1. The molecule has 1 aliphatic heterocycles. The van der Waals surface area contributed by atoms with Crippen LogP contribution in [0.3, 0.4) is 0 Å². The Labute approximate surface area is 167 Å². The van der Waals surface area contributed by atoms with Gasteiger partial charge in [0.2, 0.25) is 5.95 Å². The molecule has 3 N–H and O–H groups in total. The number of anilines is 1. The van der Waals surface area contributed by atoms with Crippen molar-refractivity contribution in [3.05, 3.63) is 30.0 Å². The quantitative estimate of drug-likeness (QED) is 0.659. The Kier molecular flexibility index (Phi) is 7.46. The Bertz CT molecular complexity index is 771. The number of carbonyl (C=O) groups excluding carboxylic acids is 1. The molecular formula is C22H33N5O. The lowest BCUT2D eigenvalue weighted by molar-refractivity contribution is 0.181. The highest BCUT2D eigenvalue weighted by molar-refractivity contribution is 5.82. The fourth-order valence-corrected chi connectivity index (χ4v) is 4.00. The highest BCUT2D eigenvalue weighted by atomic mass is 16.2. The van der Waals surface area contributed by atoms with Gasteiger partial charge in [0.25, 0.3) is 0 Å². The van der Waals surface area contributed by atoms with Gasteiger partial charge in [-0.25, -0.2) is 14.8 Å². The molecule has 0 spiro atoms. The van der Waals surface area contributed by atoms with Gasteiger partial charge in [-0.1, -0.05) is 57.2 Å². The molecule has 2 aromatic rings. The standard InChI is InChI=1S/C22H33N5O/c1-2-3-4-5-6-9-14-24-22(28)27-15-12-17(13-16-27)20-18-10-7-8-11-19(18)25-21(23)26-20/h7-8,10-11,17H,2-6,9,12-16H2,1H3,(H,24,28)(H2,23,25,26). The van der Waals surface area contributed by atoms with Gasteiger partial charge in [0.05, 0.1) is 11.2 Å². The topological polar surface area (TPSA) is 84.1 Å². The van der Waals surface area contributed by atoms with Crippen LogP contribution in [0.5, 0.6) is 0 Å². The molecule has 0 saturated carbocycles. The third-order valence-corrected chi connectivity index (χ3v) is 5.63. The first-order valence-electron chi connectivity index (χ1n) is 10.7. The van der Waals surface area contributed by atoms with E-state index >= 15 is 0 Å². The van der Waals surface area contributed by atoms with E-state index in [1.807, 2.05) is 23.1 Å². The van der Waals surface area contributed by atoms with Crippen LogP contribution in [0.4, 0.5) is 10.7 Å². The number of hydrogen-bond acceptors (Lipinski definition) is 4. The second kappa shape index (κ2) is 10.2.